The summed E-state index contributed by atoms with van der Waals surface area (Å²) in [5.41, 5.74) is 0.0993. The molecule has 0 spiro atoms. The zero-order chi connectivity index (χ0) is 12.6. The fraction of sp³-hybridized carbons (Fsp3) is 0.231. The molecule has 1 unspecified atom stereocenters. The SMILES string of the molecule is Cc1ccsc1C(C)(O)c1cc(F)ccc1Cl. The van der Waals surface area contributed by atoms with E-state index in [0.29, 0.717) is 10.6 Å². The zero-order valence-electron chi connectivity index (χ0n) is 9.50. The second-order valence-corrected chi connectivity index (χ2v) is 5.45. The summed E-state index contributed by atoms with van der Waals surface area (Å²) in [6.45, 7) is 3.54. The van der Waals surface area contributed by atoms with Crippen LogP contribution in [0.15, 0.2) is 29.6 Å². The topological polar surface area (TPSA) is 20.2 Å². The first kappa shape index (κ1) is 12.6. The van der Waals surface area contributed by atoms with Crippen LogP contribution in [-0.2, 0) is 5.60 Å². The highest BCUT2D eigenvalue weighted by atomic mass is 35.5. The Morgan fingerprint density at radius 2 is 2.06 bits per heavy atom. The van der Waals surface area contributed by atoms with Gasteiger partial charge in [-0.2, -0.15) is 0 Å². The third-order valence-electron chi connectivity index (χ3n) is 2.76. The Hall–Kier alpha value is -0.900. The van der Waals surface area contributed by atoms with Gasteiger partial charge in [0.05, 0.1) is 0 Å². The minimum atomic E-state index is -1.27. The molecule has 1 heterocycles. The van der Waals surface area contributed by atoms with Gasteiger partial charge in [0.1, 0.15) is 11.4 Å². The van der Waals surface area contributed by atoms with Gasteiger partial charge >= 0.3 is 0 Å². The molecular weight excluding hydrogens is 259 g/mol. The van der Waals surface area contributed by atoms with Gasteiger partial charge in [-0.1, -0.05) is 11.6 Å². The maximum Gasteiger partial charge on any atom is 0.123 e. The maximum atomic E-state index is 13.3. The molecule has 1 aromatic heterocycles. The number of hydrogen-bond donors (Lipinski definition) is 1. The highest BCUT2D eigenvalue weighted by molar-refractivity contribution is 7.10. The lowest BCUT2D eigenvalue weighted by atomic mass is 9.92. The summed E-state index contributed by atoms with van der Waals surface area (Å²) in [5, 5.41) is 12.9. The van der Waals surface area contributed by atoms with Gasteiger partial charge in [-0.15, -0.1) is 11.3 Å². The summed E-state index contributed by atoms with van der Waals surface area (Å²) in [7, 11) is 0. The zero-order valence-corrected chi connectivity index (χ0v) is 11.1. The minimum Gasteiger partial charge on any atom is -0.380 e. The van der Waals surface area contributed by atoms with E-state index in [4.69, 9.17) is 11.6 Å². The van der Waals surface area contributed by atoms with Gasteiger partial charge < -0.3 is 5.11 Å². The molecule has 1 N–H and O–H groups in total. The van der Waals surface area contributed by atoms with Gasteiger partial charge in [-0.3, -0.25) is 0 Å². The van der Waals surface area contributed by atoms with Crippen LogP contribution in [-0.4, -0.2) is 5.11 Å². The van der Waals surface area contributed by atoms with E-state index in [0.717, 1.165) is 10.4 Å². The van der Waals surface area contributed by atoms with Crippen molar-refractivity contribution >= 4 is 22.9 Å². The first-order chi connectivity index (χ1) is 7.93. The number of aliphatic hydroxyl groups is 1. The van der Waals surface area contributed by atoms with Gasteiger partial charge in [-0.25, -0.2) is 4.39 Å². The summed E-state index contributed by atoms with van der Waals surface area (Å²) in [5.74, 6) is -0.404. The van der Waals surface area contributed by atoms with Gasteiger partial charge in [0.2, 0.25) is 0 Å². The van der Waals surface area contributed by atoms with E-state index in [-0.39, 0.29) is 0 Å². The quantitative estimate of drug-likeness (QED) is 0.871. The molecule has 0 amide bonds. The van der Waals surface area contributed by atoms with Crippen LogP contribution in [0.5, 0.6) is 0 Å². The van der Waals surface area contributed by atoms with Crippen molar-refractivity contribution in [2.75, 3.05) is 0 Å². The largest absolute Gasteiger partial charge is 0.380 e. The highest BCUT2D eigenvalue weighted by Gasteiger charge is 2.31. The van der Waals surface area contributed by atoms with Crippen LogP contribution in [0.25, 0.3) is 0 Å². The average molecular weight is 271 g/mol. The predicted molar refractivity (Wildman–Crippen MR) is 69.1 cm³/mol. The molecule has 0 bridgehead atoms. The van der Waals surface area contributed by atoms with E-state index < -0.39 is 11.4 Å². The lowest BCUT2D eigenvalue weighted by Gasteiger charge is -2.24. The van der Waals surface area contributed by atoms with Crippen molar-refractivity contribution in [3.63, 3.8) is 0 Å². The van der Waals surface area contributed by atoms with Gasteiger partial charge in [0.15, 0.2) is 0 Å². The predicted octanol–water partition coefficient (Wildman–Crippen LogP) is 4.10. The highest BCUT2D eigenvalue weighted by Crippen LogP contribution is 2.38. The fourth-order valence-corrected chi connectivity index (χ4v) is 3.17. The molecule has 17 heavy (non-hydrogen) atoms. The number of rotatable bonds is 2. The van der Waals surface area contributed by atoms with E-state index in [1.54, 1.807) is 6.92 Å². The van der Waals surface area contributed by atoms with Crippen LogP contribution in [0.2, 0.25) is 5.02 Å². The van der Waals surface area contributed by atoms with E-state index in [2.05, 4.69) is 0 Å². The first-order valence-electron chi connectivity index (χ1n) is 5.15. The summed E-state index contributed by atoms with van der Waals surface area (Å²) in [6.07, 6.45) is 0. The molecule has 0 aliphatic carbocycles. The number of aryl methyl sites for hydroxylation is 1. The van der Waals surface area contributed by atoms with E-state index in [9.17, 15) is 9.50 Å². The number of thiophene rings is 1. The average Bonchev–Trinajstić information content (AvgIpc) is 2.68. The monoisotopic (exact) mass is 270 g/mol. The molecule has 1 nitrogen and oxygen atoms in total. The van der Waals surface area contributed by atoms with Crippen molar-refractivity contribution in [2.45, 2.75) is 19.4 Å². The van der Waals surface area contributed by atoms with E-state index in [1.165, 1.54) is 29.5 Å². The van der Waals surface area contributed by atoms with Crippen molar-refractivity contribution in [1.29, 1.82) is 0 Å². The molecule has 2 aromatic rings. The molecule has 0 saturated heterocycles. The Morgan fingerprint density at radius 3 is 2.65 bits per heavy atom. The molecule has 1 aromatic carbocycles. The summed E-state index contributed by atoms with van der Waals surface area (Å²) < 4.78 is 13.3. The molecule has 0 aliphatic heterocycles. The molecular formula is C13H12ClFOS. The van der Waals surface area contributed by atoms with Crippen molar-refractivity contribution in [1.82, 2.24) is 0 Å². The second-order valence-electron chi connectivity index (χ2n) is 4.13. The smallest absolute Gasteiger partial charge is 0.123 e. The van der Waals surface area contributed by atoms with Crippen molar-refractivity contribution in [3.8, 4) is 0 Å². The van der Waals surface area contributed by atoms with Crippen LogP contribution in [0, 0.1) is 12.7 Å². The Bertz CT molecular complexity index is 548. The lowest BCUT2D eigenvalue weighted by Crippen LogP contribution is -2.23. The van der Waals surface area contributed by atoms with Gasteiger partial charge in [0, 0.05) is 15.5 Å². The summed E-state index contributed by atoms with van der Waals surface area (Å²) >= 11 is 7.46. The molecule has 0 saturated carbocycles. The minimum absolute atomic E-state index is 0.365. The second kappa shape index (κ2) is 4.41. The molecule has 2 rings (SSSR count). The molecule has 0 aliphatic rings. The normalized spacial score (nSPS) is 14.6. The van der Waals surface area contributed by atoms with E-state index >= 15 is 0 Å². The van der Waals surface area contributed by atoms with Crippen LogP contribution >= 0.6 is 22.9 Å². The van der Waals surface area contributed by atoms with Gasteiger partial charge in [0.25, 0.3) is 0 Å². The number of halogens is 2. The molecule has 0 radical (unpaired) electrons. The van der Waals surface area contributed by atoms with Crippen molar-refractivity contribution < 1.29 is 9.50 Å². The first-order valence-corrected chi connectivity index (χ1v) is 6.41. The Labute approximate surface area is 108 Å². The Morgan fingerprint density at radius 1 is 1.35 bits per heavy atom. The standard InChI is InChI=1S/C13H12ClFOS/c1-8-5-6-17-12(8)13(2,16)10-7-9(15)3-4-11(10)14/h3-7,16H,1-2H3. The van der Waals surface area contributed by atoms with Crippen molar-refractivity contribution in [3.05, 3.63) is 56.5 Å². The molecule has 0 fully saturated rings. The maximum absolute atomic E-state index is 13.3. The number of hydrogen-bond acceptors (Lipinski definition) is 2. The third-order valence-corrected chi connectivity index (χ3v) is 4.31. The number of benzene rings is 1. The third kappa shape index (κ3) is 2.23. The van der Waals surface area contributed by atoms with Crippen LogP contribution < -0.4 is 0 Å². The molecule has 90 valence electrons. The lowest BCUT2D eigenvalue weighted by molar-refractivity contribution is 0.105. The Balaban J connectivity index is 2.59. The van der Waals surface area contributed by atoms with Gasteiger partial charge in [-0.05, 0) is 49.1 Å². The fourth-order valence-electron chi connectivity index (χ4n) is 1.86. The van der Waals surface area contributed by atoms with Crippen LogP contribution in [0.3, 0.4) is 0 Å². The van der Waals surface area contributed by atoms with Crippen LogP contribution in [0.4, 0.5) is 4.39 Å². The van der Waals surface area contributed by atoms with E-state index in [1.807, 2.05) is 18.4 Å². The van der Waals surface area contributed by atoms with Crippen LogP contribution in [0.1, 0.15) is 22.9 Å². The summed E-state index contributed by atoms with van der Waals surface area (Å²) in [4.78, 5) is 0.782. The Kier molecular flexibility index (Phi) is 3.25. The summed E-state index contributed by atoms with van der Waals surface area (Å²) in [6, 6.07) is 5.94. The molecule has 4 heteroatoms. The van der Waals surface area contributed by atoms with Crippen molar-refractivity contribution in [2.24, 2.45) is 0 Å². The molecule has 1 atom stereocenters.